The highest BCUT2D eigenvalue weighted by atomic mass is 16.5. The van der Waals surface area contributed by atoms with Gasteiger partial charge in [-0.1, -0.05) is 6.92 Å². The third kappa shape index (κ3) is 3.84. The molecule has 1 aromatic rings. The molecule has 1 heterocycles. The molecule has 0 N–H and O–H groups in total. The summed E-state index contributed by atoms with van der Waals surface area (Å²) in [5.41, 5.74) is 0.199. The van der Waals surface area contributed by atoms with Gasteiger partial charge in [0.2, 0.25) is 5.88 Å². The molecular formula is C13H17NO4. The van der Waals surface area contributed by atoms with Crippen molar-refractivity contribution in [2.45, 2.75) is 33.3 Å². The van der Waals surface area contributed by atoms with Gasteiger partial charge < -0.3 is 9.47 Å². The highest BCUT2D eigenvalue weighted by molar-refractivity contribution is 6.40. The summed E-state index contributed by atoms with van der Waals surface area (Å²) in [5, 5.41) is 0. The smallest absolute Gasteiger partial charge is 0.379 e. The summed E-state index contributed by atoms with van der Waals surface area (Å²) < 4.78 is 10.1. The van der Waals surface area contributed by atoms with Crippen LogP contribution in [0.25, 0.3) is 0 Å². The fourth-order valence-corrected chi connectivity index (χ4v) is 1.19. The summed E-state index contributed by atoms with van der Waals surface area (Å²) in [6.45, 7) is 5.75. The lowest BCUT2D eigenvalue weighted by Crippen LogP contribution is -2.18. The molecule has 5 nitrogen and oxygen atoms in total. The molecule has 0 fully saturated rings. The first-order chi connectivity index (χ1) is 8.58. The lowest BCUT2D eigenvalue weighted by atomic mass is 10.2. The molecule has 0 aliphatic heterocycles. The largest absolute Gasteiger partial charge is 0.475 e. The number of ether oxygens (including phenoxy) is 2. The molecule has 0 bridgehead atoms. The number of Topliss-reactive ketones (excluding diaryl/α,β-unsaturated/α-hetero) is 1. The Morgan fingerprint density at radius 3 is 2.56 bits per heavy atom. The van der Waals surface area contributed by atoms with Gasteiger partial charge in [-0.3, -0.25) is 4.79 Å². The molecule has 0 saturated heterocycles. The van der Waals surface area contributed by atoms with Gasteiger partial charge in [-0.2, -0.15) is 0 Å². The number of carbonyl (C=O) groups excluding carboxylic acids is 2. The second kappa shape index (κ2) is 6.74. The van der Waals surface area contributed by atoms with Crippen LogP contribution < -0.4 is 4.74 Å². The third-order valence-corrected chi connectivity index (χ3v) is 2.36. The van der Waals surface area contributed by atoms with Crippen molar-refractivity contribution in [1.29, 1.82) is 0 Å². The van der Waals surface area contributed by atoms with Crippen LogP contribution >= 0.6 is 0 Å². The van der Waals surface area contributed by atoms with Gasteiger partial charge in [-0.05, 0) is 26.3 Å². The second-order valence-electron chi connectivity index (χ2n) is 3.77. The van der Waals surface area contributed by atoms with E-state index in [2.05, 4.69) is 9.72 Å². The number of hydrogen-bond donors (Lipinski definition) is 0. The average molecular weight is 251 g/mol. The van der Waals surface area contributed by atoms with Crippen LogP contribution in [-0.2, 0) is 9.53 Å². The number of aromatic nitrogens is 1. The van der Waals surface area contributed by atoms with Crippen molar-refractivity contribution in [2.75, 3.05) is 6.61 Å². The van der Waals surface area contributed by atoms with Crippen molar-refractivity contribution in [3.05, 3.63) is 23.9 Å². The molecule has 0 radical (unpaired) electrons. The first-order valence-corrected chi connectivity index (χ1v) is 5.92. The van der Waals surface area contributed by atoms with E-state index < -0.39 is 11.8 Å². The average Bonchev–Trinajstić information content (AvgIpc) is 2.39. The topological polar surface area (TPSA) is 65.5 Å². The van der Waals surface area contributed by atoms with Crippen molar-refractivity contribution < 1.29 is 19.1 Å². The van der Waals surface area contributed by atoms with E-state index >= 15 is 0 Å². The molecule has 0 aliphatic carbocycles. The molecule has 98 valence electrons. The summed E-state index contributed by atoms with van der Waals surface area (Å²) in [7, 11) is 0. The monoisotopic (exact) mass is 251 g/mol. The quantitative estimate of drug-likeness (QED) is 0.439. The highest BCUT2D eigenvalue weighted by Crippen LogP contribution is 2.11. The van der Waals surface area contributed by atoms with E-state index in [1.54, 1.807) is 13.0 Å². The molecular weight excluding hydrogens is 234 g/mol. The van der Waals surface area contributed by atoms with E-state index in [9.17, 15) is 9.59 Å². The lowest BCUT2D eigenvalue weighted by Gasteiger charge is -2.11. The molecule has 0 spiro atoms. The Morgan fingerprint density at radius 1 is 1.33 bits per heavy atom. The minimum absolute atomic E-state index is 0.0594. The van der Waals surface area contributed by atoms with Gasteiger partial charge in [0.25, 0.3) is 5.78 Å². The van der Waals surface area contributed by atoms with Crippen LogP contribution in [0.2, 0.25) is 0 Å². The SMILES string of the molecule is CCOC(=O)C(=O)c1ccc(OC(C)CC)nc1. The first kappa shape index (κ1) is 14.2. The Labute approximate surface area is 106 Å². The number of nitrogens with zero attached hydrogens (tertiary/aromatic N) is 1. The third-order valence-electron chi connectivity index (χ3n) is 2.36. The molecule has 1 rings (SSSR count). The Kier molecular flexibility index (Phi) is 5.30. The number of pyridine rings is 1. The fraction of sp³-hybridized carbons (Fsp3) is 0.462. The molecule has 1 atom stereocenters. The van der Waals surface area contributed by atoms with Gasteiger partial charge in [0.15, 0.2) is 0 Å². The molecule has 0 saturated carbocycles. The number of rotatable bonds is 6. The van der Waals surface area contributed by atoms with Crippen molar-refractivity contribution in [3.8, 4) is 5.88 Å². The molecule has 1 unspecified atom stereocenters. The summed E-state index contributed by atoms with van der Waals surface area (Å²) in [5.74, 6) is -1.13. The van der Waals surface area contributed by atoms with Crippen LogP contribution in [0.5, 0.6) is 5.88 Å². The zero-order chi connectivity index (χ0) is 13.5. The Hall–Kier alpha value is -1.91. The van der Waals surface area contributed by atoms with Crippen molar-refractivity contribution in [3.63, 3.8) is 0 Å². The van der Waals surface area contributed by atoms with Crippen LogP contribution in [0.1, 0.15) is 37.6 Å². The second-order valence-corrected chi connectivity index (χ2v) is 3.77. The molecule has 5 heteroatoms. The van der Waals surface area contributed by atoms with Crippen LogP contribution in [0, 0.1) is 0 Å². The van der Waals surface area contributed by atoms with Crippen LogP contribution in [0.15, 0.2) is 18.3 Å². The number of hydrogen-bond acceptors (Lipinski definition) is 5. The van der Waals surface area contributed by atoms with E-state index in [1.165, 1.54) is 12.3 Å². The van der Waals surface area contributed by atoms with Gasteiger partial charge in [0, 0.05) is 17.8 Å². The molecule has 0 aliphatic rings. The Balaban J connectivity index is 2.70. The number of esters is 1. The van der Waals surface area contributed by atoms with Crippen LogP contribution in [-0.4, -0.2) is 29.4 Å². The first-order valence-electron chi connectivity index (χ1n) is 5.92. The number of ketones is 1. The van der Waals surface area contributed by atoms with Crippen LogP contribution in [0.4, 0.5) is 0 Å². The Bertz CT molecular complexity index is 414. The Morgan fingerprint density at radius 2 is 2.06 bits per heavy atom. The van der Waals surface area contributed by atoms with Gasteiger partial charge in [-0.15, -0.1) is 0 Å². The van der Waals surface area contributed by atoms with E-state index in [0.29, 0.717) is 5.88 Å². The molecule has 1 aromatic heterocycles. The van der Waals surface area contributed by atoms with Gasteiger partial charge in [0.05, 0.1) is 12.7 Å². The van der Waals surface area contributed by atoms with Gasteiger partial charge in [0.1, 0.15) is 0 Å². The van der Waals surface area contributed by atoms with Gasteiger partial charge >= 0.3 is 5.97 Å². The number of carbonyl (C=O) groups is 2. The maximum Gasteiger partial charge on any atom is 0.379 e. The molecule has 0 amide bonds. The van der Waals surface area contributed by atoms with E-state index in [0.717, 1.165) is 6.42 Å². The van der Waals surface area contributed by atoms with Gasteiger partial charge in [-0.25, -0.2) is 9.78 Å². The highest BCUT2D eigenvalue weighted by Gasteiger charge is 2.17. The summed E-state index contributed by atoms with van der Waals surface area (Å²) in [6, 6.07) is 3.07. The predicted octanol–water partition coefficient (Wildman–Crippen LogP) is 2.00. The van der Waals surface area contributed by atoms with E-state index in [1.807, 2.05) is 13.8 Å². The van der Waals surface area contributed by atoms with Crippen molar-refractivity contribution in [2.24, 2.45) is 0 Å². The summed E-state index contributed by atoms with van der Waals surface area (Å²) in [4.78, 5) is 26.8. The van der Waals surface area contributed by atoms with E-state index in [4.69, 9.17) is 4.74 Å². The maximum absolute atomic E-state index is 11.6. The van der Waals surface area contributed by atoms with E-state index in [-0.39, 0.29) is 18.3 Å². The minimum Gasteiger partial charge on any atom is -0.475 e. The minimum atomic E-state index is -0.866. The normalized spacial score (nSPS) is 11.7. The zero-order valence-electron chi connectivity index (χ0n) is 10.8. The zero-order valence-corrected chi connectivity index (χ0v) is 10.8. The predicted molar refractivity (Wildman–Crippen MR) is 65.6 cm³/mol. The maximum atomic E-state index is 11.6. The lowest BCUT2D eigenvalue weighted by molar-refractivity contribution is -0.137. The van der Waals surface area contributed by atoms with Crippen LogP contribution in [0.3, 0.4) is 0 Å². The van der Waals surface area contributed by atoms with Crippen molar-refractivity contribution in [1.82, 2.24) is 4.98 Å². The standard InChI is InChI=1S/C13H17NO4/c1-4-9(3)18-11-7-6-10(8-14-11)12(15)13(16)17-5-2/h6-9H,4-5H2,1-3H3. The molecule has 18 heavy (non-hydrogen) atoms. The molecule has 0 aromatic carbocycles. The summed E-state index contributed by atoms with van der Waals surface area (Å²) in [6.07, 6.45) is 2.24. The summed E-state index contributed by atoms with van der Waals surface area (Å²) >= 11 is 0. The fourth-order valence-electron chi connectivity index (χ4n) is 1.19. The van der Waals surface area contributed by atoms with Crippen molar-refractivity contribution >= 4 is 11.8 Å².